The largest absolute Gasteiger partial charge is 0.428 e. The summed E-state index contributed by atoms with van der Waals surface area (Å²) >= 11 is 11.6. The summed E-state index contributed by atoms with van der Waals surface area (Å²) in [6.07, 6.45) is 1.12. The van der Waals surface area contributed by atoms with E-state index in [1.807, 2.05) is 0 Å². The van der Waals surface area contributed by atoms with E-state index in [1.165, 1.54) is 18.2 Å². The molecule has 0 amide bonds. The van der Waals surface area contributed by atoms with Gasteiger partial charge in [0, 0.05) is 6.07 Å². The fourth-order valence-electron chi connectivity index (χ4n) is 1.28. The second-order valence-electron chi connectivity index (χ2n) is 3.33. The van der Waals surface area contributed by atoms with Crippen LogP contribution in [-0.4, -0.2) is 14.9 Å². The highest BCUT2D eigenvalue weighted by Crippen LogP contribution is 2.39. The lowest BCUT2D eigenvalue weighted by molar-refractivity contribution is -0.385. The number of hydrogen-bond donors (Lipinski definition) is 1. The van der Waals surface area contributed by atoms with Gasteiger partial charge in [-0.3, -0.25) is 10.1 Å². The molecule has 7 nitrogen and oxygen atoms in total. The SMILES string of the molecule is Nc1c(Cl)ncnc1Oc1c(Cl)cccc1[N+](=O)[O-]. The van der Waals surface area contributed by atoms with E-state index in [0.717, 1.165) is 6.33 Å². The van der Waals surface area contributed by atoms with E-state index in [4.69, 9.17) is 33.7 Å². The van der Waals surface area contributed by atoms with Gasteiger partial charge in [0.05, 0.1) is 9.95 Å². The first-order valence-corrected chi connectivity index (χ1v) is 5.63. The van der Waals surface area contributed by atoms with Crippen molar-refractivity contribution >= 4 is 34.6 Å². The zero-order valence-corrected chi connectivity index (χ0v) is 10.7. The first-order valence-electron chi connectivity index (χ1n) is 4.87. The monoisotopic (exact) mass is 300 g/mol. The number of hydrogen-bond acceptors (Lipinski definition) is 6. The molecule has 1 aromatic heterocycles. The maximum absolute atomic E-state index is 10.9. The van der Waals surface area contributed by atoms with Gasteiger partial charge in [-0.2, -0.15) is 4.98 Å². The van der Waals surface area contributed by atoms with Gasteiger partial charge in [0.1, 0.15) is 12.0 Å². The maximum atomic E-state index is 10.9. The Bertz CT molecular complexity index is 651. The van der Waals surface area contributed by atoms with Crippen LogP contribution in [0.4, 0.5) is 11.4 Å². The predicted molar refractivity (Wildman–Crippen MR) is 69.6 cm³/mol. The van der Waals surface area contributed by atoms with E-state index in [2.05, 4.69) is 9.97 Å². The summed E-state index contributed by atoms with van der Waals surface area (Å²) in [4.78, 5) is 17.7. The van der Waals surface area contributed by atoms with Crippen LogP contribution in [0.15, 0.2) is 24.5 Å². The summed E-state index contributed by atoms with van der Waals surface area (Å²) in [6.45, 7) is 0. The highest BCUT2D eigenvalue weighted by atomic mass is 35.5. The van der Waals surface area contributed by atoms with Crippen LogP contribution in [0, 0.1) is 10.1 Å². The van der Waals surface area contributed by atoms with Crippen molar-refractivity contribution < 1.29 is 9.66 Å². The number of nitrogen functional groups attached to an aromatic ring is 1. The maximum Gasteiger partial charge on any atom is 0.313 e. The van der Waals surface area contributed by atoms with E-state index < -0.39 is 4.92 Å². The molecule has 0 fully saturated rings. The Morgan fingerprint density at radius 2 is 2.05 bits per heavy atom. The van der Waals surface area contributed by atoms with Crippen molar-refractivity contribution in [2.75, 3.05) is 5.73 Å². The van der Waals surface area contributed by atoms with Gasteiger partial charge in [-0.25, -0.2) is 4.98 Å². The van der Waals surface area contributed by atoms with Crippen molar-refractivity contribution in [3.63, 3.8) is 0 Å². The summed E-state index contributed by atoms with van der Waals surface area (Å²) < 4.78 is 5.28. The fraction of sp³-hybridized carbons (Fsp3) is 0. The number of nitrogens with zero attached hydrogens (tertiary/aromatic N) is 3. The number of nitro benzene ring substituents is 1. The van der Waals surface area contributed by atoms with Crippen LogP contribution < -0.4 is 10.5 Å². The molecule has 0 saturated heterocycles. The highest BCUT2D eigenvalue weighted by Gasteiger charge is 2.21. The van der Waals surface area contributed by atoms with Crippen LogP contribution in [0.5, 0.6) is 11.6 Å². The van der Waals surface area contributed by atoms with Gasteiger partial charge >= 0.3 is 5.69 Å². The Labute approximate surface area is 117 Å². The molecule has 2 aromatic rings. The zero-order valence-electron chi connectivity index (χ0n) is 9.21. The van der Waals surface area contributed by atoms with Crippen molar-refractivity contribution in [2.45, 2.75) is 0 Å². The molecule has 9 heteroatoms. The van der Waals surface area contributed by atoms with Crippen LogP contribution in [-0.2, 0) is 0 Å². The Hall–Kier alpha value is -2.12. The van der Waals surface area contributed by atoms with Crippen LogP contribution in [0.25, 0.3) is 0 Å². The van der Waals surface area contributed by atoms with E-state index in [9.17, 15) is 10.1 Å². The summed E-state index contributed by atoms with van der Waals surface area (Å²) in [5, 5.41) is 10.9. The molecule has 0 aliphatic carbocycles. The molecule has 98 valence electrons. The number of rotatable bonds is 3. The quantitative estimate of drug-likeness (QED) is 0.530. The minimum atomic E-state index is -0.625. The van der Waals surface area contributed by atoms with Crippen LogP contribution in [0.1, 0.15) is 0 Å². The molecule has 0 aliphatic rings. The molecular formula is C10H6Cl2N4O3. The summed E-state index contributed by atoms with van der Waals surface area (Å²) in [7, 11) is 0. The first kappa shape index (κ1) is 13.3. The third-order valence-electron chi connectivity index (χ3n) is 2.14. The first-order chi connectivity index (χ1) is 9.00. The molecule has 0 aliphatic heterocycles. The standard InChI is InChI=1S/C10H6Cl2N4O3/c11-5-2-1-3-6(16(17)18)8(5)19-10-7(13)9(12)14-4-15-10/h1-4H,13H2. The van der Waals surface area contributed by atoms with Gasteiger partial charge in [0.25, 0.3) is 0 Å². The number of ether oxygens (including phenoxy) is 1. The third-order valence-corrected chi connectivity index (χ3v) is 2.74. The van der Waals surface area contributed by atoms with Crippen molar-refractivity contribution in [1.29, 1.82) is 0 Å². The van der Waals surface area contributed by atoms with Gasteiger partial charge in [0.15, 0.2) is 5.15 Å². The van der Waals surface area contributed by atoms with Gasteiger partial charge < -0.3 is 10.5 Å². The normalized spacial score (nSPS) is 10.2. The van der Waals surface area contributed by atoms with Crippen molar-refractivity contribution in [3.05, 3.63) is 44.8 Å². The predicted octanol–water partition coefficient (Wildman–Crippen LogP) is 3.07. The molecule has 1 heterocycles. The molecule has 2 rings (SSSR count). The second kappa shape index (κ2) is 5.25. The zero-order chi connectivity index (χ0) is 14.0. The number of nitrogens with two attached hydrogens (primary N) is 1. The molecular weight excluding hydrogens is 295 g/mol. The summed E-state index contributed by atoms with van der Waals surface area (Å²) in [5.74, 6) is -0.258. The number of benzene rings is 1. The van der Waals surface area contributed by atoms with E-state index in [0.29, 0.717) is 0 Å². The molecule has 0 spiro atoms. The Kier molecular flexibility index (Phi) is 3.68. The Balaban J connectivity index is 2.49. The molecule has 0 atom stereocenters. The topological polar surface area (TPSA) is 104 Å². The lowest BCUT2D eigenvalue weighted by Crippen LogP contribution is -2.00. The summed E-state index contributed by atoms with van der Waals surface area (Å²) in [6, 6.07) is 4.13. The van der Waals surface area contributed by atoms with Crippen LogP contribution in [0.3, 0.4) is 0 Å². The van der Waals surface area contributed by atoms with Gasteiger partial charge in [0.2, 0.25) is 11.6 Å². The number of halogens is 2. The van der Waals surface area contributed by atoms with Gasteiger partial charge in [-0.15, -0.1) is 0 Å². The number of anilines is 1. The number of para-hydroxylation sites is 1. The minimum Gasteiger partial charge on any atom is -0.428 e. The van der Waals surface area contributed by atoms with E-state index in [-0.39, 0.29) is 33.2 Å². The third kappa shape index (κ3) is 2.67. The average Bonchev–Trinajstić information content (AvgIpc) is 2.36. The number of aromatic nitrogens is 2. The highest BCUT2D eigenvalue weighted by molar-refractivity contribution is 6.32. The fourth-order valence-corrected chi connectivity index (χ4v) is 1.61. The molecule has 0 bridgehead atoms. The van der Waals surface area contributed by atoms with Gasteiger partial charge in [-0.05, 0) is 6.07 Å². The molecule has 0 radical (unpaired) electrons. The van der Waals surface area contributed by atoms with Gasteiger partial charge in [-0.1, -0.05) is 29.3 Å². The van der Waals surface area contributed by atoms with E-state index in [1.54, 1.807) is 0 Å². The molecule has 2 N–H and O–H groups in total. The minimum absolute atomic E-state index is 0.0142. The van der Waals surface area contributed by atoms with Crippen molar-refractivity contribution in [1.82, 2.24) is 9.97 Å². The summed E-state index contributed by atoms with van der Waals surface area (Å²) in [5.41, 5.74) is 5.28. The van der Waals surface area contributed by atoms with Crippen LogP contribution in [0.2, 0.25) is 10.2 Å². The van der Waals surface area contributed by atoms with E-state index >= 15 is 0 Å². The second-order valence-corrected chi connectivity index (χ2v) is 4.10. The molecule has 19 heavy (non-hydrogen) atoms. The molecule has 0 saturated carbocycles. The van der Waals surface area contributed by atoms with Crippen LogP contribution >= 0.6 is 23.2 Å². The van der Waals surface area contributed by atoms with Crippen molar-refractivity contribution in [2.24, 2.45) is 0 Å². The Morgan fingerprint density at radius 1 is 1.32 bits per heavy atom. The number of nitro groups is 1. The average molecular weight is 301 g/mol. The smallest absolute Gasteiger partial charge is 0.313 e. The lowest BCUT2D eigenvalue weighted by Gasteiger charge is -2.09. The molecule has 1 aromatic carbocycles. The lowest BCUT2D eigenvalue weighted by atomic mass is 10.3. The Morgan fingerprint density at radius 3 is 2.74 bits per heavy atom. The molecule has 0 unspecified atom stereocenters. The van der Waals surface area contributed by atoms with Crippen molar-refractivity contribution in [3.8, 4) is 11.6 Å².